The molecule has 0 fully saturated rings. The summed E-state index contributed by atoms with van der Waals surface area (Å²) in [6, 6.07) is 11.6. The van der Waals surface area contributed by atoms with Crippen molar-refractivity contribution in [2.24, 2.45) is 5.73 Å². The van der Waals surface area contributed by atoms with Crippen LogP contribution >= 0.6 is 11.3 Å². The molecule has 2 aromatic heterocycles. The smallest absolute Gasteiger partial charge is 0.262 e. The summed E-state index contributed by atoms with van der Waals surface area (Å²) in [5.74, 6) is -0.563. The average Bonchev–Trinajstić information content (AvgIpc) is 2.87. The molecule has 0 spiro atoms. The minimum Gasteiger partial charge on any atom is -0.368 e. The molecule has 0 bridgehead atoms. The fourth-order valence-electron chi connectivity index (χ4n) is 1.99. The van der Waals surface area contributed by atoms with Crippen molar-refractivity contribution < 1.29 is 4.79 Å². The molecular formula is C14H11N3O2S. The van der Waals surface area contributed by atoms with Crippen LogP contribution in [0.25, 0.3) is 20.7 Å². The summed E-state index contributed by atoms with van der Waals surface area (Å²) in [4.78, 5) is 29.0. The number of nitrogens with two attached hydrogens (primary N) is 1. The van der Waals surface area contributed by atoms with Crippen LogP contribution < -0.4 is 11.3 Å². The van der Waals surface area contributed by atoms with Crippen LogP contribution in [0.4, 0.5) is 0 Å². The van der Waals surface area contributed by atoms with Crippen LogP contribution in [0.15, 0.2) is 47.5 Å². The van der Waals surface area contributed by atoms with Crippen molar-refractivity contribution in [3.8, 4) is 10.4 Å². The highest BCUT2D eigenvalue weighted by atomic mass is 32.1. The molecule has 2 heterocycles. The van der Waals surface area contributed by atoms with Crippen LogP contribution in [-0.2, 0) is 11.3 Å². The molecule has 0 aliphatic heterocycles. The Balaban J connectivity index is 2.15. The van der Waals surface area contributed by atoms with Gasteiger partial charge in [-0.15, -0.1) is 11.3 Å². The van der Waals surface area contributed by atoms with Crippen LogP contribution in [-0.4, -0.2) is 15.5 Å². The number of carbonyl (C=O) groups excluding carboxylic acids is 1. The highest BCUT2D eigenvalue weighted by molar-refractivity contribution is 7.21. The van der Waals surface area contributed by atoms with E-state index < -0.39 is 5.91 Å². The van der Waals surface area contributed by atoms with Crippen molar-refractivity contribution >= 4 is 27.5 Å². The van der Waals surface area contributed by atoms with Gasteiger partial charge in [-0.3, -0.25) is 14.2 Å². The molecular weight excluding hydrogens is 274 g/mol. The number of rotatable bonds is 3. The van der Waals surface area contributed by atoms with Crippen LogP contribution in [0.1, 0.15) is 0 Å². The first-order valence-electron chi connectivity index (χ1n) is 5.98. The molecule has 0 atom stereocenters. The summed E-state index contributed by atoms with van der Waals surface area (Å²) in [6.07, 6.45) is 1.36. The van der Waals surface area contributed by atoms with Gasteiger partial charge < -0.3 is 5.73 Å². The van der Waals surface area contributed by atoms with E-state index in [4.69, 9.17) is 5.73 Å². The van der Waals surface area contributed by atoms with Crippen molar-refractivity contribution in [2.75, 3.05) is 0 Å². The SMILES string of the molecule is NC(=O)Cn1cnc2sc(-c3ccccc3)cc2c1=O. The van der Waals surface area contributed by atoms with Gasteiger partial charge in [0, 0.05) is 4.88 Å². The second-order valence-corrected chi connectivity index (χ2v) is 5.37. The van der Waals surface area contributed by atoms with E-state index in [1.54, 1.807) is 0 Å². The lowest BCUT2D eigenvalue weighted by molar-refractivity contribution is -0.118. The maximum absolute atomic E-state index is 12.2. The number of aromatic nitrogens is 2. The molecule has 5 nitrogen and oxygen atoms in total. The first kappa shape index (κ1) is 12.6. The van der Waals surface area contributed by atoms with Crippen LogP contribution in [0.5, 0.6) is 0 Å². The molecule has 3 rings (SSSR count). The monoisotopic (exact) mass is 285 g/mol. The third-order valence-electron chi connectivity index (χ3n) is 2.90. The molecule has 0 saturated heterocycles. The largest absolute Gasteiger partial charge is 0.368 e. The Morgan fingerprint density at radius 3 is 2.75 bits per heavy atom. The second kappa shape index (κ2) is 4.90. The predicted molar refractivity (Wildman–Crippen MR) is 78.5 cm³/mol. The lowest BCUT2D eigenvalue weighted by Crippen LogP contribution is -2.27. The minimum atomic E-state index is -0.563. The minimum absolute atomic E-state index is 0.154. The standard InChI is InChI=1S/C14H11N3O2S/c15-12(18)7-17-8-16-13-10(14(17)19)6-11(20-13)9-4-2-1-3-5-9/h1-6,8H,7H2,(H2,15,18). The quantitative estimate of drug-likeness (QED) is 0.794. The van der Waals surface area contributed by atoms with E-state index in [9.17, 15) is 9.59 Å². The van der Waals surface area contributed by atoms with Gasteiger partial charge in [-0.2, -0.15) is 0 Å². The predicted octanol–water partition coefficient (Wildman–Crippen LogP) is 1.61. The molecule has 0 aliphatic carbocycles. The zero-order chi connectivity index (χ0) is 14.1. The Labute approximate surface area is 118 Å². The third-order valence-corrected chi connectivity index (χ3v) is 3.99. The molecule has 2 N–H and O–H groups in total. The van der Waals surface area contributed by atoms with Gasteiger partial charge in [0.15, 0.2) is 0 Å². The molecule has 1 amide bonds. The first-order valence-corrected chi connectivity index (χ1v) is 6.79. The van der Waals surface area contributed by atoms with E-state index in [-0.39, 0.29) is 12.1 Å². The van der Waals surface area contributed by atoms with E-state index in [0.717, 1.165) is 10.4 Å². The number of amides is 1. The van der Waals surface area contributed by atoms with Gasteiger partial charge in [0.05, 0.1) is 11.7 Å². The number of hydrogen-bond acceptors (Lipinski definition) is 4. The number of primary amides is 1. The number of benzene rings is 1. The maximum atomic E-state index is 12.2. The number of carbonyl (C=O) groups is 1. The maximum Gasteiger partial charge on any atom is 0.262 e. The highest BCUT2D eigenvalue weighted by Crippen LogP contribution is 2.30. The Bertz CT molecular complexity index is 836. The van der Waals surface area contributed by atoms with E-state index in [1.807, 2.05) is 36.4 Å². The van der Waals surface area contributed by atoms with E-state index in [0.29, 0.717) is 10.2 Å². The Morgan fingerprint density at radius 1 is 1.30 bits per heavy atom. The molecule has 0 aliphatic rings. The fourth-order valence-corrected chi connectivity index (χ4v) is 2.98. The molecule has 0 unspecified atom stereocenters. The van der Waals surface area contributed by atoms with Gasteiger partial charge in [-0.1, -0.05) is 30.3 Å². The normalized spacial score (nSPS) is 10.8. The number of thiophene rings is 1. The van der Waals surface area contributed by atoms with Crippen molar-refractivity contribution in [3.63, 3.8) is 0 Å². The fraction of sp³-hybridized carbons (Fsp3) is 0.0714. The highest BCUT2D eigenvalue weighted by Gasteiger charge is 2.11. The van der Waals surface area contributed by atoms with Crippen molar-refractivity contribution in [1.82, 2.24) is 9.55 Å². The van der Waals surface area contributed by atoms with Gasteiger partial charge in [-0.25, -0.2) is 4.98 Å². The molecule has 20 heavy (non-hydrogen) atoms. The zero-order valence-electron chi connectivity index (χ0n) is 10.4. The first-order chi connectivity index (χ1) is 9.65. The van der Waals surface area contributed by atoms with Gasteiger partial charge >= 0.3 is 0 Å². The van der Waals surface area contributed by atoms with Crippen molar-refractivity contribution in [3.05, 3.63) is 53.1 Å². The average molecular weight is 285 g/mol. The van der Waals surface area contributed by atoms with Gasteiger partial charge in [0.1, 0.15) is 11.4 Å². The van der Waals surface area contributed by atoms with Crippen LogP contribution in [0.2, 0.25) is 0 Å². The van der Waals surface area contributed by atoms with E-state index >= 15 is 0 Å². The van der Waals surface area contributed by atoms with Gasteiger partial charge in [-0.05, 0) is 11.6 Å². The zero-order valence-corrected chi connectivity index (χ0v) is 11.3. The summed E-state index contributed by atoms with van der Waals surface area (Å²) in [5.41, 5.74) is 5.90. The Hall–Kier alpha value is -2.47. The third kappa shape index (κ3) is 2.21. The van der Waals surface area contributed by atoms with Gasteiger partial charge in [0.25, 0.3) is 5.56 Å². The van der Waals surface area contributed by atoms with E-state index in [1.165, 1.54) is 22.2 Å². The molecule has 1 aromatic carbocycles. The number of fused-ring (bicyclic) bond motifs is 1. The summed E-state index contributed by atoms with van der Waals surface area (Å²) < 4.78 is 1.23. The lowest BCUT2D eigenvalue weighted by atomic mass is 10.2. The molecule has 6 heteroatoms. The van der Waals surface area contributed by atoms with E-state index in [2.05, 4.69) is 4.98 Å². The van der Waals surface area contributed by atoms with Crippen molar-refractivity contribution in [1.29, 1.82) is 0 Å². The molecule has 3 aromatic rings. The van der Waals surface area contributed by atoms with Crippen molar-refractivity contribution in [2.45, 2.75) is 6.54 Å². The molecule has 0 radical (unpaired) electrons. The van der Waals surface area contributed by atoms with Crippen LogP contribution in [0.3, 0.4) is 0 Å². The summed E-state index contributed by atoms with van der Waals surface area (Å²) in [6.45, 7) is -0.154. The topological polar surface area (TPSA) is 78.0 Å². The van der Waals surface area contributed by atoms with Crippen LogP contribution in [0, 0.1) is 0 Å². The number of hydrogen-bond donors (Lipinski definition) is 1. The lowest BCUT2D eigenvalue weighted by Gasteiger charge is -2.00. The van der Waals surface area contributed by atoms with Gasteiger partial charge in [0.2, 0.25) is 5.91 Å². The second-order valence-electron chi connectivity index (χ2n) is 4.34. The summed E-state index contributed by atoms with van der Waals surface area (Å²) >= 11 is 1.45. The Morgan fingerprint density at radius 2 is 2.05 bits per heavy atom. The molecule has 100 valence electrons. The summed E-state index contributed by atoms with van der Waals surface area (Å²) in [5, 5.41) is 0.512. The molecule has 0 saturated carbocycles. The number of nitrogens with zero attached hydrogens (tertiary/aromatic N) is 2. The summed E-state index contributed by atoms with van der Waals surface area (Å²) in [7, 11) is 0. The Kier molecular flexibility index (Phi) is 3.08.